The Balaban J connectivity index is 1.06. The molecule has 2 N–H and O–H groups in total. The SMILES string of the molecule is CC(C)(C)c1ccc(-c2ccccc2C(=O)Nc2nc(-c3cccc(C(=O)N[C@H](C(=O)N4Cc5ccccc5C4)c4ccccc4)c3)cs2)cc1. The van der Waals surface area contributed by atoms with Crippen LogP contribution in [-0.2, 0) is 23.3 Å². The van der Waals surface area contributed by atoms with Crippen LogP contribution in [0, 0.1) is 0 Å². The van der Waals surface area contributed by atoms with Crippen LogP contribution in [0.1, 0.15) is 69.8 Å². The molecule has 0 radical (unpaired) electrons. The zero-order chi connectivity index (χ0) is 35.5. The Kier molecular flexibility index (Phi) is 9.34. The minimum atomic E-state index is -0.850. The molecule has 8 heteroatoms. The van der Waals surface area contributed by atoms with Gasteiger partial charge in [-0.1, -0.05) is 130 Å². The number of nitrogens with zero attached hydrogens (tertiary/aromatic N) is 2. The molecule has 0 saturated heterocycles. The number of amides is 3. The summed E-state index contributed by atoms with van der Waals surface area (Å²) < 4.78 is 0. The van der Waals surface area contributed by atoms with Gasteiger partial charge in [-0.15, -0.1) is 11.3 Å². The van der Waals surface area contributed by atoms with Gasteiger partial charge in [0.25, 0.3) is 11.8 Å². The topological polar surface area (TPSA) is 91.4 Å². The van der Waals surface area contributed by atoms with Crippen molar-refractivity contribution in [3.63, 3.8) is 0 Å². The van der Waals surface area contributed by atoms with E-state index in [1.165, 1.54) is 16.9 Å². The molecule has 3 amide bonds. The number of carbonyl (C=O) groups excluding carboxylic acids is 3. The second kappa shape index (κ2) is 14.2. The fraction of sp³-hybridized carbons (Fsp3) is 0.163. The first-order chi connectivity index (χ1) is 24.6. The average molecular weight is 691 g/mol. The summed E-state index contributed by atoms with van der Waals surface area (Å²) in [5.74, 6) is -0.783. The van der Waals surface area contributed by atoms with Crippen molar-refractivity contribution in [2.75, 3.05) is 5.32 Å². The van der Waals surface area contributed by atoms with Crippen LogP contribution in [0.2, 0.25) is 0 Å². The number of anilines is 1. The lowest BCUT2D eigenvalue weighted by Gasteiger charge is -2.24. The molecule has 1 aliphatic heterocycles. The van der Waals surface area contributed by atoms with E-state index in [9.17, 15) is 14.4 Å². The second-order valence-electron chi connectivity index (χ2n) is 13.7. The predicted octanol–water partition coefficient (Wildman–Crippen LogP) is 9.04. The molecule has 1 aromatic heterocycles. The molecule has 5 aromatic carbocycles. The van der Waals surface area contributed by atoms with Gasteiger partial charge in [0.05, 0.1) is 5.69 Å². The maximum Gasteiger partial charge on any atom is 0.258 e. The fourth-order valence-electron chi connectivity index (χ4n) is 6.35. The van der Waals surface area contributed by atoms with Gasteiger partial charge in [-0.05, 0) is 57.0 Å². The van der Waals surface area contributed by atoms with Crippen LogP contribution in [0.25, 0.3) is 22.4 Å². The third-order valence-corrected chi connectivity index (χ3v) is 9.94. The Hall–Kier alpha value is -5.86. The Morgan fingerprint density at radius 2 is 1.39 bits per heavy atom. The molecule has 2 heterocycles. The number of hydrogen-bond acceptors (Lipinski definition) is 5. The van der Waals surface area contributed by atoms with E-state index < -0.39 is 6.04 Å². The van der Waals surface area contributed by atoms with Crippen LogP contribution in [-0.4, -0.2) is 27.6 Å². The third kappa shape index (κ3) is 7.37. The third-order valence-electron chi connectivity index (χ3n) is 9.19. The summed E-state index contributed by atoms with van der Waals surface area (Å²) in [5, 5.41) is 8.27. The van der Waals surface area contributed by atoms with Gasteiger partial charge in [0.2, 0.25) is 5.91 Å². The van der Waals surface area contributed by atoms with Gasteiger partial charge >= 0.3 is 0 Å². The molecule has 0 bridgehead atoms. The summed E-state index contributed by atoms with van der Waals surface area (Å²) >= 11 is 1.31. The summed E-state index contributed by atoms with van der Waals surface area (Å²) in [4.78, 5) is 47.6. The molecule has 6 aromatic rings. The smallest absolute Gasteiger partial charge is 0.258 e. The van der Waals surface area contributed by atoms with Crippen LogP contribution in [0.3, 0.4) is 0 Å². The highest BCUT2D eigenvalue weighted by atomic mass is 32.1. The van der Waals surface area contributed by atoms with Crippen molar-refractivity contribution in [3.8, 4) is 22.4 Å². The van der Waals surface area contributed by atoms with Crippen LogP contribution in [0.5, 0.6) is 0 Å². The number of aromatic nitrogens is 1. The van der Waals surface area contributed by atoms with Crippen molar-refractivity contribution in [1.29, 1.82) is 0 Å². The molecule has 51 heavy (non-hydrogen) atoms. The highest BCUT2D eigenvalue weighted by Gasteiger charge is 2.31. The fourth-order valence-corrected chi connectivity index (χ4v) is 7.06. The number of benzene rings is 5. The highest BCUT2D eigenvalue weighted by Crippen LogP contribution is 2.31. The lowest BCUT2D eigenvalue weighted by atomic mass is 9.86. The van der Waals surface area contributed by atoms with E-state index >= 15 is 0 Å². The quantitative estimate of drug-likeness (QED) is 0.167. The van der Waals surface area contributed by atoms with Gasteiger partial charge in [-0.2, -0.15) is 0 Å². The van der Waals surface area contributed by atoms with E-state index in [4.69, 9.17) is 4.98 Å². The first-order valence-corrected chi connectivity index (χ1v) is 17.8. The van der Waals surface area contributed by atoms with E-state index in [0.29, 0.717) is 40.6 Å². The summed E-state index contributed by atoms with van der Waals surface area (Å²) in [6.45, 7) is 7.53. The molecule has 0 aliphatic carbocycles. The molecule has 0 unspecified atom stereocenters. The number of hydrogen-bond donors (Lipinski definition) is 2. The summed E-state index contributed by atoms with van der Waals surface area (Å²) in [6, 6.07) is 39.5. The molecule has 0 fully saturated rings. The Morgan fingerprint density at radius 1 is 0.725 bits per heavy atom. The van der Waals surface area contributed by atoms with Crippen molar-refractivity contribution in [3.05, 3.63) is 166 Å². The number of nitrogens with one attached hydrogen (secondary N) is 2. The van der Waals surface area contributed by atoms with E-state index in [1.807, 2.05) is 90.3 Å². The Bertz CT molecular complexity index is 2200. The van der Waals surface area contributed by atoms with E-state index in [0.717, 1.165) is 27.8 Å². The first-order valence-electron chi connectivity index (χ1n) is 16.9. The van der Waals surface area contributed by atoms with Crippen LogP contribution < -0.4 is 10.6 Å². The molecule has 1 atom stereocenters. The van der Waals surface area contributed by atoms with Gasteiger partial charge in [-0.25, -0.2) is 4.98 Å². The molecule has 7 rings (SSSR count). The Labute approximate surface area is 302 Å². The highest BCUT2D eigenvalue weighted by molar-refractivity contribution is 7.14. The normalized spacial score (nSPS) is 13.0. The molecule has 254 valence electrons. The van der Waals surface area contributed by atoms with Crippen LogP contribution >= 0.6 is 11.3 Å². The lowest BCUT2D eigenvalue weighted by molar-refractivity contribution is -0.134. The number of carbonyl (C=O) groups is 3. The number of fused-ring (bicyclic) bond motifs is 1. The van der Waals surface area contributed by atoms with Crippen molar-refractivity contribution in [2.24, 2.45) is 0 Å². The Morgan fingerprint density at radius 3 is 2.10 bits per heavy atom. The first kappa shape index (κ1) is 33.6. The zero-order valence-electron chi connectivity index (χ0n) is 28.7. The largest absolute Gasteiger partial charge is 0.336 e. The van der Waals surface area contributed by atoms with Gasteiger partial charge in [0.1, 0.15) is 6.04 Å². The molecule has 0 saturated carbocycles. The summed E-state index contributed by atoms with van der Waals surface area (Å²) in [6.07, 6.45) is 0. The minimum absolute atomic E-state index is 0.0338. The summed E-state index contributed by atoms with van der Waals surface area (Å²) in [5.41, 5.74) is 8.31. The van der Waals surface area contributed by atoms with Gasteiger partial charge in [-0.3, -0.25) is 19.7 Å². The molecular formula is C43H38N4O3S. The van der Waals surface area contributed by atoms with Crippen molar-refractivity contribution < 1.29 is 14.4 Å². The van der Waals surface area contributed by atoms with Crippen molar-refractivity contribution >= 4 is 34.2 Å². The van der Waals surface area contributed by atoms with Gasteiger partial charge in [0, 0.05) is 35.2 Å². The van der Waals surface area contributed by atoms with Crippen LogP contribution in [0.15, 0.2) is 133 Å². The molecular weight excluding hydrogens is 653 g/mol. The predicted molar refractivity (Wildman–Crippen MR) is 203 cm³/mol. The van der Waals surface area contributed by atoms with E-state index in [1.54, 1.807) is 23.1 Å². The van der Waals surface area contributed by atoms with E-state index in [-0.39, 0.29) is 23.1 Å². The number of thiazole rings is 1. The minimum Gasteiger partial charge on any atom is -0.336 e. The van der Waals surface area contributed by atoms with Crippen LogP contribution in [0.4, 0.5) is 5.13 Å². The zero-order valence-corrected chi connectivity index (χ0v) is 29.5. The number of rotatable bonds is 8. The summed E-state index contributed by atoms with van der Waals surface area (Å²) in [7, 11) is 0. The maximum absolute atomic E-state index is 13.9. The lowest BCUT2D eigenvalue weighted by Crippen LogP contribution is -2.41. The van der Waals surface area contributed by atoms with E-state index in [2.05, 4.69) is 55.7 Å². The molecule has 1 aliphatic rings. The van der Waals surface area contributed by atoms with Crippen molar-refractivity contribution in [1.82, 2.24) is 15.2 Å². The second-order valence-corrected chi connectivity index (χ2v) is 14.6. The maximum atomic E-state index is 13.9. The molecule has 0 spiro atoms. The molecule has 7 nitrogen and oxygen atoms in total. The monoisotopic (exact) mass is 690 g/mol. The van der Waals surface area contributed by atoms with Gasteiger partial charge < -0.3 is 10.2 Å². The standard InChI is InChI=1S/C43H38N4O3S/c1-43(2,3)34-22-20-28(21-23-34)35-18-9-10-19-36(35)40(49)46-42-44-37(27-51-42)30-16-11-17-31(24-30)39(48)45-38(29-12-5-4-6-13-29)41(50)47-25-32-14-7-8-15-33(32)26-47/h4-24,27,38H,25-26H2,1-3H3,(H,45,48)(H,44,46,49)/t38-/m0/s1. The van der Waals surface area contributed by atoms with Crippen molar-refractivity contribution in [2.45, 2.75) is 45.3 Å². The average Bonchev–Trinajstić information content (AvgIpc) is 3.81. The van der Waals surface area contributed by atoms with Gasteiger partial charge in [0.15, 0.2) is 5.13 Å².